The lowest BCUT2D eigenvalue weighted by molar-refractivity contribution is 0.0936. The normalized spacial score (nSPS) is 18.3. The minimum atomic E-state index is -3.03. The minimum Gasteiger partial charge on any atom is -0.497 e. The lowest BCUT2D eigenvalue weighted by Gasteiger charge is -2.12. The predicted octanol–water partition coefficient (Wildman–Crippen LogP) is 1.62. The number of benzene rings is 1. The number of nitrogens with zero attached hydrogens (tertiary/aromatic N) is 1. The van der Waals surface area contributed by atoms with Gasteiger partial charge < -0.3 is 15.4 Å². The number of carbonyl (C=O) groups is 1. The van der Waals surface area contributed by atoms with E-state index >= 15 is 0 Å². The van der Waals surface area contributed by atoms with Crippen molar-refractivity contribution < 1.29 is 17.9 Å². The summed E-state index contributed by atoms with van der Waals surface area (Å²) in [6, 6.07) is 10.8. The smallest absolute Gasteiger partial charge is 0.270 e. The van der Waals surface area contributed by atoms with Crippen LogP contribution in [-0.4, -0.2) is 44.0 Å². The maximum Gasteiger partial charge on any atom is 0.270 e. The van der Waals surface area contributed by atoms with Crippen molar-refractivity contribution in [2.24, 2.45) is 0 Å². The van der Waals surface area contributed by atoms with Crippen LogP contribution in [-0.2, 0) is 16.4 Å². The molecule has 0 spiro atoms. The van der Waals surface area contributed by atoms with E-state index in [1.165, 1.54) is 0 Å². The molecule has 2 heterocycles. The van der Waals surface area contributed by atoms with Crippen molar-refractivity contribution >= 4 is 21.4 Å². The number of amides is 1. The molecule has 0 radical (unpaired) electrons. The molecule has 1 aromatic carbocycles. The summed E-state index contributed by atoms with van der Waals surface area (Å²) in [5.74, 6) is 0.550. The van der Waals surface area contributed by atoms with Gasteiger partial charge in [-0.05, 0) is 36.2 Å². The van der Waals surface area contributed by atoms with Crippen molar-refractivity contribution in [3.05, 3.63) is 53.9 Å². The fourth-order valence-electron chi connectivity index (χ4n) is 2.78. The summed E-state index contributed by atoms with van der Waals surface area (Å²) in [6.45, 7) is 0.593. The highest BCUT2D eigenvalue weighted by molar-refractivity contribution is 7.91. The van der Waals surface area contributed by atoms with E-state index in [-0.39, 0.29) is 29.1 Å². The number of anilines is 1. The summed E-state index contributed by atoms with van der Waals surface area (Å²) in [7, 11) is -1.41. The lowest BCUT2D eigenvalue weighted by atomic mass is 10.2. The van der Waals surface area contributed by atoms with Crippen LogP contribution in [0.1, 0.15) is 22.5 Å². The highest BCUT2D eigenvalue weighted by Gasteiger charge is 2.29. The Morgan fingerprint density at radius 3 is 2.69 bits per heavy atom. The van der Waals surface area contributed by atoms with Gasteiger partial charge in [0.2, 0.25) is 0 Å². The van der Waals surface area contributed by atoms with Crippen LogP contribution in [0.4, 0.5) is 5.69 Å². The molecule has 138 valence electrons. The van der Waals surface area contributed by atoms with Gasteiger partial charge in [0.15, 0.2) is 9.84 Å². The molecule has 0 aliphatic carbocycles. The summed E-state index contributed by atoms with van der Waals surface area (Å²) in [4.78, 5) is 16.4. The Bertz CT molecular complexity index is 882. The number of nitrogens with one attached hydrogen (secondary N) is 2. The van der Waals surface area contributed by atoms with Gasteiger partial charge >= 0.3 is 0 Å². The van der Waals surface area contributed by atoms with Gasteiger partial charge in [0.25, 0.3) is 5.91 Å². The molecule has 1 aliphatic heterocycles. The molecule has 1 amide bonds. The monoisotopic (exact) mass is 375 g/mol. The quantitative estimate of drug-likeness (QED) is 0.796. The number of methoxy groups -OCH3 is 1. The third-order valence-corrected chi connectivity index (χ3v) is 5.98. The minimum absolute atomic E-state index is 0.00580. The highest BCUT2D eigenvalue weighted by Crippen LogP contribution is 2.15. The largest absolute Gasteiger partial charge is 0.497 e. The van der Waals surface area contributed by atoms with Gasteiger partial charge in [0.1, 0.15) is 11.4 Å². The van der Waals surface area contributed by atoms with E-state index in [1.807, 2.05) is 24.3 Å². The highest BCUT2D eigenvalue weighted by atomic mass is 32.2. The van der Waals surface area contributed by atoms with Crippen molar-refractivity contribution in [3.8, 4) is 5.75 Å². The molecule has 1 aliphatic rings. The number of hydrogen-bond acceptors (Lipinski definition) is 6. The van der Waals surface area contributed by atoms with E-state index in [1.54, 1.807) is 25.4 Å². The van der Waals surface area contributed by atoms with Gasteiger partial charge in [-0.3, -0.25) is 9.78 Å². The van der Waals surface area contributed by atoms with E-state index in [0.29, 0.717) is 13.0 Å². The number of carbonyl (C=O) groups excluding carboxylic acids is 1. The van der Waals surface area contributed by atoms with E-state index in [4.69, 9.17) is 4.74 Å². The van der Waals surface area contributed by atoms with Gasteiger partial charge in [0.05, 0.1) is 18.6 Å². The molecule has 2 N–H and O–H groups in total. The Labute approximate surface area is 152 Å². The molecule has 7 nitrogen and oxygen atoms in total. The van der Waals surface area contributed by atoms with Gasteiger partial charge in [-0.1, -0.05) is 12.1 Å². The fraction of sp³-hybridized carbons (Fsp3) is 0.333. The third-order valence-electron chi connectivity index (χ3n) is 4.22. The van der Waals surface area contributed by atoms with Gasteiger partial charge in [-0.25, -0.2) is 8.42 Å². The molecule has 1 saturated heterocycles. The van der Waals surface area contributed by atoms with E-state index in [9.17, 15) is 13.2 Å². The summed E-state index contributed by atoms with van der Waals surface area (Å²) in [5.41, 5.74) is 2.10. The Balaban J connectivity index is 1.59. The Hall–Kier alpha value is -2.61. The molecule has 2 aromatic rings. The van der Waals surface area contributed by atoms with Crippen molar-refractivity contribution in [2.75, 3.05) is 23.9 Å². The van der Waals surface area contributed by atoms with Gasteiger partial charge in [-0.15, -0.1) is 0 Å². The third kappa shape index (κ3) is 4.72. The number of hydrogen-bond donors (Lipinski definition) is 2. The predicted molar refractivity (Wildman–Crippen MR) is 99.1 cm³/mol. The number of sulfone groups is 1. The van der Waals surface area contributed by atoms with Crippen LogP contribution in [0.25, 0.3) is 0 Å². The molecule has 1 aromatic heterocycles. The summed E-state index contributed by atoms with van der Waals surface area (Å²) in [5, 5.41) is 5.99. The Kier molecular flexibility index (Phi) is 5.41. The second kappa shape index (κ2) is 7.74. The van der Waals surface area contributed by atoms with E-state index in [2.05, 4.69) is 15.6 Å². The zero-order chi connectivity index (χ0) is 18.6. The van der Waals surface area contributed by atoms with Crippen LogP contribution < -0.4 is 15.4 Å². The second-order valence-corrected chi connectivity index (χ2v) is 8.43. The molecule has 26 heavy (non-hydrogen) atoms. The number of ether oxygens (including phenoxy) is 1. The zero-order valence-electron chi connectivity index (χ0n) is 14.4. The molecule has 1 fully saturated rings. The van der Waals surface area contributed by atoms with Crippen molar-refractivity contribution in [2.45, 2.75) is 19.0 Å². The van der Waals surface area contributed by atoms with Crippen LogP contribution in [0.3, 0.4) is 0 Å². The average molecular weight is 375 g/mol. The number of pyridine rings is 1. The van der Waals surface area contributed by atoms with E-state index < -0.39 is 9.84 Å². The van der Waals surface area contributed by atoms with Crippen LogP contribution in [0.2, 0.25) is 0 Å². The van der Waals surface area contributed by atoms with Gasteiger partial charge in [-0.2, -0.15) is 0 Å². The molecular weight excluding hydrogens is 354 g/mol. The molecule has 1 unspecified atom stereocenters. The number of rotatable bonds is 6. The molecule has 8 heteroatoms. The Morgan fingerprint density at radius 2 is 2.04 bits per heavy atom. The summed E-state index contributed by atoms with van der Waals surface area (Å²) in [6.07, 6.45) is 2.00. The summed E-state index contributed by atoms with van der Waals surface area (Å²) >= 11 is 0. The van der Waals surface area contributed by atoms with Gasteiger partial charge in [0, 0.05) is 24.5 Å². The first-order valence-electron chi connectivity index (χ1n) is 8.29. The molecule has 1 atom stereocenters. The average Bonchev–Trinajstić information content (AvgIpc) is 2.99. The lowest BCUT2D eigenvalue weighted by Crippen LogP contribution is -2.36. The first-order chi connectivity index (χ1) is 12.4. The van der Waals surface area contributed by atoms with E-state index in [0.717, 1.165) is 17.0 Å². The standard InChI is InChI=1S/C18H21N3O4S/c1-25-16-4-2-13(3-5-16)11-20-14-6-8-19-17(10-14)18(22)21-15-7-9-26(23,24)12-15/h2-6,8,10,15H,7,9,11-12H2,1H3,(H,19,20)(H,21,22). The molecule has 3 rings (SSSR count). The van der Waals surface area contributed by atoms with Crippen molar-refractivity contribution in [3.63, 3.8) is 0 Å². The second-order valence-electron chi connectivity index (χ2n) is 6.20. The maximum atomic E-state index is 12.3. The SMILES string of the molecule is COc1ccc(CNc2ccnc(C(=O)NC3CCS(=O)(=O)C3)c2)cc1. The maximum absolute atomic E-state index is 12.3. The first kappa shape index (κ1) is 18.2. The summed E-state index contributed by atoms with van der Waals surface area (Å²) < 4.78 is 28.1. The molecule has 0 saturated carbocycles. The van der Waals surface area contributed by atoms with Crippen molar-refractivity contribution in [1.29, 1.82) is 0 Å². The van der Waals surface area contributed by atoms with Crippen LogP contribution in [0, 0.1) is 0 Å². The van der Waals surface area contributed by atoms with Crippen LogP contribution >= 0.6 is 0 Å². The number of aromatic nitrogens is 1. The van der Waals surface area contributed by atoms with Crippen molar-refractivity contribution in [1.82, 2.24) is 10.3 Å². The topological polar surface area (TPSA) is 97.4 Å². The zero-order valence-corrected chi connectivity index (χ0v) is 15.3. The van der Waals surface area contributed by atoms with Crippen LogP contribution in [0.15, 0.2) is 42.6 Å². The van der Waals surface area contributed by atoms with Crippen LogP contribution in [0.5, 0.6) is 5.75 Å². The molecular formula is C18H21N3O4S. The first-order valence-corrected chi connectivity index (χ1v) is 10.1. The Morgan fingerprint density at radius 1 is 1.27 bits per heavy atom. The molecule has 0 bridgehead atoms. The fourth-order valence-corrected chi connectivity index (χ4v) is 4.45.